The van der Waals surface area contributed by atoms with Gasteiger partial charge in [0.15, 0.2) is 6.10 Å². The summed E-state index contributed by atoms with van der Waals surface area (Å²) < 4.78 is 16.4. The van der Waals surface area contributed by atoms with Crippen molar-refractivity contribution in [2.45, 2.75) is 32.8 Å². The standard InChI is InChI=1S/C22H24N2O5/c1-14-5-4-6-17(11-14)21-24-18(15(2)29-21)9-10-28-20-8-7-16(13-23-20)12-19(27-3)22(25)26/h4-8,11,13,19H,9-10,12H2,1-3H3,(H,25,26). The first-order valence-electron chi connectivity index (χ1n) is 9.33. The van der Waals surface area contributed by atoms with Gasteiger partial charge in [0.2, 0.25) is 11.8 Å². The number of hydrogen-bond acceptors (Lipinski definition) is 6. The number of hydrogen-bond donors (Lipinski definition) is 1. The molecule has 2 heterocycles. The number of methoxy groups -OCH3 is 1. The lowest BCUT2D eigenvalue weighted by molar-refractivity contribution is -0.148. The molecule has 0 aliphatic heterocycles. The van der Waals surface area contributed by atoms with Gasteiger partial charge in [0, 0.05) is 37.8 Å². The van der Waals surface area contributed by atoms with Gasteiger partial charge in [-0.3, -0.25) is 0 Å². The summed E-state index contributed by atoms with van der Waals surface area (Å²) in [6.07, 6.45) is 1.55. The van der Waals surface area contributed by atoms with Gasteiger partial charge in [-0.2, -0.15) is 0 Å². The predicted molar refractivity (Wildman–Crippen MR) is 107 cm³/mol. The van der Waals surface area contributed by atoms with Gasteiger partial charge >= 0.3 is 5.97 Å². The lowest BCUT2D eigenvalue weighted by atomic mass is 10.1. The Morgan fingerprint density at radius 3 is 2.72 bits per heavy atom. The minimum absolute atomic E-state index is 0.249. The highest BCUT2D eigenvalue weighted by Crippen LogP contribution is 2.23. The number of benzene rings is 1. The summed E-state index contributed by atoms with van der Waals surface area (Å²) in [5.41, 5.74) is 3.72. The molecule has 29 heavy (non-hydrogen) atoms. The fourth-order valence-electron chi connectivity index (χ4n) is 2.92. The van der Waals surface area contributed by atoms with E-state index >= 15 is 0 Å². The Morgan fingerprint density at radius 1 is 1.24 bits per heavy atom. The molecule has 2 aromatic heterocycles. The first kappa shape index (κ1) is 20.5. The summed E-state index contributed by atoms with van der Waals surface area (Å²) in [6.45, 7) is 4.33. The molecule has 7 heteroatoms. The topological polar surface area (TPSA) is 94.7 Å². The van der Waals surface area contributed by atoms with Gasteiger partial charge in [-0.05, 0) is 31.5 Å². The number of aromatic nitrogens is 2. The number of oxazole rings is 1. The van der Waals surface area contributed by atoms with Crippen LogP contribution in [-0.2, 0) is 22.4 Å². The Morgan fingerprint density at radius 2 is 2.07 bits per heavy atom. The maximum atomic E-state index is 11.0. The molecule has 0 aliphatic rings. The second-order valence-electron chi connectivity index (χ2n) is 6.76. The van der Waals surface area contributed by atoms with Crippen molar-refractivity contribution in [3.8, 4) is 17.3 Å². The first-order chi connectivity index (χ1) is 14.0. The number of pyridine rings is 1. The van der Waals surface area contributed by atoms with E-state index in [0.717, 1.165) is 28.1 Å². The Bertz CT molecular complexity index is 966. The second-order valence-corrected chi connectivity index (χ2v) is 6.76. The van der Waals surface area contributed by atoms with Gasteiger partial charge in [-0.25, -0.2) is 14.8 Å². The molecule has 1 aromatic carbocycles. The van der Waals surface area contributed by atoms with E-state index in [1.165, 1.54) is 7.11 Å². The van der Waals surface area contributed by atoms with Crippen LogP contribution < -0.4 is 4.74 Å². The normalized spacial score (nSPS) is 12.0. The molecular formula is C22H24N2O5. The number of rotatable bonds is 9. The van der Waals surface area contributed by atoms with E-state index in [4.69, 9.17) is 19.0 Å². The lowest BCUT2D eigenvalue weighted by Gasteiger charge is -2.10. The van der Waals surface area contributed by atoms with Crippen LogP contribution in [0.25, 0.3) is 11.5 Å². The molecule has 3 aromatic rings. The van der Waals surface area contributed by atoms with Crippen LogP contribution in [0.1, 0.15) is 22.6 Å². The van der Waals surface area contributed by atoms with Crippen LogP contribution >= 0.6 is 0 Å². The molecule has 7 nitrogen and oxygen atoms in total. The van der Waals surface area contributed by atoms with Crippen LogP contribution in [0.3, 0.4) is 0 Å². The molecule has 1 N–H and O–H groups in total. The Balaban J connectivity index is 1.56. The van der Waals surface area contributed by atoms with Gasteiger partial charge in [-0.1, -0.05) is 23.8 Å². The number of carbonyl (C=O) groups is 1. The quantitative estimate of drug-likeness (QED) is 0.590. The summed E-state index contributed by atoms with van der Waals surface area (Å²) in [6, 6.07) is 11.5. The lowest BCUT2D eigenvalue weighted by Crippen LogP contribution is -2.24. The van der Waals surface area contributed by atoms with Crippen LogP contribution in [0.2, 0.25) is 0 Å². The number of carboxylic acid groups (broad SMARTS) is 1. The van der Waals surface area contributed by atoms with E-state index < -0.39 is 12.1 Å². The van der Waals surface area contributed by atoms with Crippen molar-refractivity contribution < 1.29 is 23.8 Å². The minimum Gasteiger partial charge on any atom is -0.479 e. The van der Waals surface area contributed by atoms with Gasteiger partial charge < -0.3 is 19.0 Å². The molecule has 1 atom stereocenters. The number of aliphatic carboxylic acids is 1. The third-order valence-corrected chi connectivity index (χ3v) is 4.53. The first-order valence-corrected chi connectivity index (χ1v) is 9.33. The summed E-state index contributed by atoms with van der Waals surface area (Å²) >= 11 is 0. The zero-order valence-electron chi connectivity index (χ0n) is 16.7. The zero-order chi connectivity index (χ0) is 20.8. The van der Waals surface area contributed by atoms with Gasteiger partial charge in [0.25, 0.3) is 0 Å². The highest BCUT2D eigenvalue weighted by molar-refractivity contribution is 5.72. The molecule has 0 aliphatic carbocycles. The molecule has 0 radical (unpaired) electrons. The van der Waals surface area contributed by atoms with Crippen LogP contribution in [0, 0.1) is 13.8 Å². The van der Waals surface area contributed by atoms with E-state index in [0.29, 0.717) is 24.8 Å². The van der Waals surface area contributed by atoms with Gasteiger partial charge in [0.05, 0.1) is 12.3 Å². The average Bonchev–Trinajstić information content (AvgIpc) is 3.08. The average molecular weight is 396 g/mol. The van der Waals surface area contributed by atoms with Crippen molar-refractivity contribution in [2.75, 3.05) is 13.7 Å². The van der Waals surface area contributed by atoms with Crippen LogP contribution in [0.5, 0.6) is 5.88 Å². The molecule has 0 bridgehead atoms. The van der Waals surface area contributed by atoms with E-state index in [1.807, 2.05) is 38.1 Å². The van der Waals surface area contributed by atoms with Gasteiger partial charge in [-0.15, -0.1) is 0 Å². The van der Waals surface area contributed by atoms with Gasteiger partial charge in [0.1, 0.15) is 5.76 Å². The summed E-state index contributed by atoms with van der Waals surface area (Å²) in [4.78, 5) is 19.8. The number of ether oxygens (including phenoxy) is 2. The maximum Gasteiger partial charge on any atom is 0.333 e. The van der Waals surface area contributed by atoms with Crippen LogP contribution in [0.15, 0.2) is 47.0 Å². The molecule has 0 fully saturated rings. The molecule has 1 unspecified atom stereocenters. The summed E-state index contributed by atoms with van der Waals surface area (Å²) in [5, 5.41) is 9.04. The van der Waals surface area contributed by atoms with E-state index in [-0.39, 0.29) is 6.42 Å². The maximum absolute atomic E-state index is 11.0. The van der Waals surface area contributed by atoms with Crippen molar-refractivity contribution in [3.63, 3.8) is 0 Å². The Hall–Kier alpha value is -3.19. The monoisotopic (exact) mass is 396 g/mol. The molecule has 0 spiro atoms. The summed E-state index contributed by atoms with van der Waals surface area (Å²) in [5.74, 6) is 0.849. The number of nitrogens with zero attached hydrogens (tertiary/aromatic N) is 2. The fourth-order valence-corrected chi connectivity index (χ4v) is 2.92. The van der Waals surface area contributed by atoms with E-state index in [1.54, 1.807) is 18.3 Å². The van der Waals surface area contributed by atoms with E-state index in [9.17, 15) is 4.79 Å². The van der Waals surface area contributed by atoms with Crippen molar-refractivity contribution in [2.24, 2.45) is 0 Å². The highest BCUT2D eigenvalue weighted by Gasteiger charge is 2.17. The van der Waals surface area contributed by atoms with Crippen molar-refractivity contribution in [3.05, 3.63) is 65.2 Å². The smallest absolute Gasteiger partial charge is 0.333 e. The van der Waals surface area contributed by atoms with Crippen LogP contribution in [-0.4, -0.2) is 40.9 Å². The van der Waals surface area contributed by atoms with Crippen LogP contribution in [0.4, 0.5) is 0 Å². The zero-order valence-corrected chi connectivity index (χ0v) is 16.7. The van der Waals surface area contributed by atoms with E-state index in [2.05, 4.69) is 9.97 Å². The SMILES string of the molecule is COC(Cc1ccc(OCCc2nc(-c3cccc(C)c3)oc2C)nc1)C(=O)O. The number of carboxylic acids is 1. The third-order valence-electron chi connectivity index (χ3n) is 4.53. The third kappa shape index (κ3) is 5.42. The number of aryl methyl sites for hydroxylation is 2. The summed E-state index contributed by atoms with van der Waals surface area (Å²) in [7, 11) is 1.37. The van der Waals surface area contributed by atoms with Crippen molar-refractivity contribution in [1.82, 2.24) is 9.97 Å². The molecule has 0 amide bonds. The predicted octanol–water partition coefficient (Wildman–Crippen LogP) is 3.62. The second kappa shape index (κ2) is 9.34. The van der Waals surface area contributed by atoms with Crippen molar-refractivity contribution in [1.29, 1.82) is 0 Å². The Labute approximate surface area is 169 Å². The highest BCUT2D eigenvalue weighted by atomic mass is 16.5. The van der Waals surface area contributed by atoms with Crippen molar-refractivity contribution >= 4 is 5.97 Å². The Kier molecular flexibility index (Phi) is 6.61. The minimum atomic E-state index is -0.999. The molecule has 3 rings (SSSR count). The molecule has 0 saturated heterocycles. The molecular weight excluding hydrogens is 372 g/mol. The fraction of sp³-hybridized carbons (Fsp3) is 0.318. The molecule has 152 valence electrons. The molecule has 0 saturated carbocycles. The largest absolute Gasteiger partial charge is 0.479 e.